The summed E-state index contributed by atoms with van der Waals surface area (Å²) in [5.74, 6) is 1.99. The highest BCUT2D eigenvalue weighted by atomic mass is 35.5. The number of rotatable bonds is 3. The van der Waals surface area contributed by atoms with Gasteiger partial charge in [0.05, 0.1) is 6.54 Å². The third-order valence-electron chi connectivity index (χ3n) is 5.31. The number of aliphatic imine (C=N–C) groups is 1. The first-order valence-electron chi connectivity index (χ1n) is 8.72. The highest BCUT2D eigenvalue weighted by molar-refractivity contribution is 6.30. The molecule has 1 aliphatic carbocycles. The maximum Gasteiger partial charge on any atom is 0.246 e. The van der Waals surface area contributed by atoms with Gasteiger partial charge in [0, 0.05) is 30.7 Å². The molecule has 0 bridgehead atoms. The quantitative estimate of drug-likeness (QED) is 0.672. The average molecular weight is 360 g/mol. The van der Waals surface area contributed by atoms with E-state index in [2.05, 4.69) is 25.3 Å². The van der Waals surface area contributed by atoms with Gasteiger partial charge in [0.1, 0.15) is 0 Å². The summed E-state index contributed by atoms with van der Waals surface area (Å²) in [6.45, 7) is 2.63. The molecule has 1 aliphatic heterocycles. The summed E-state index contributed by atoms with van der Waals surface area (Å²) < 4.78 is 5.35. The van der Waals surface area contributed by atoms with Crippen molar-refractivity contribution in [1.29, 1.82) is 0 Å². The third kappa shape index (κ3) is 3.35. The van der Waals surface area contributed by atoms with Gasteiger partial charge >= 0.3 is 0 Å². The SMILES string of the molecule is CN=C(NCc1nc(-c2cccc(Cl)c2)no1)N1CCC2(CCC2)C1. The molecule has 0 unspecified atom stereocenters. The minimum atomic E-state index is 0.462. The molecule has 7 heteroatoms. The van der Waals surface area contributed by atoms with Crippen molar-refractivity contribution in [1.82, 2.24) is 20.4 Å². The van der Waals surface area contributed by atoms with Gasteiger partial charge in [-0.1, -0.05) is 35.3 Å². The average Bonchev–Trinajstić information content (AvgIpc) is 3.22. The normalized spacial score (nSPS) is 19.3. The van der Waals surface area contributed by atoms with E-state index in [9.17, 15) is 0 Å². The molecule has 2 heterocycles. The van der Waals surface area contributed by atoms with E-state index in [1.807, 2.05) is 31.3 Å². The van der Waals surface area contributed by atoms with Crippen LogP contribution in [-0.2, 0) is 6.54 Å². The fourth-order valence-corrected chi connectivity index (χ4v) is 3.95. The second-order valence-corrected chi connectivity index (χ2v) is 7.38. The van der Waals surface area contributed by atoms with Crippen LogP contribution in [-0.4, -0.2) is 41.1 Å². The van der Waals surface area contributed by atoms with Crippen molar-refractivity contribution in [3.63, 3.8) is 0 Å². The fourth-order valence-electron chi connectivity index (χ4n) is 3.76. The zero-order chi connectivity index (χ0) is 17.3. The van der Waals surface area contributed by atoms with Crippen LogP contribution in [0.4, 0.5) is 0 Å². The van der Waals surface area contributed by atoms with Crippen molar-refractivity contribution in [3.05, 3.63) is 35.2 Å². The first-order valence-corrected chi connectivity index (χ1v) is 9.09. The van der Waals surface area contributed by atoms with E-state index in [1.165, 1.54) is 25.7 Å². The first-order chi connectivity index (χ1) is 12.2. The molecule has 0 atom stereocenters. The van der Waals surface area contributed by atoms with E-state index in [0.717, 1.165) is 24.6 Å². The molecule has 132 valence electrons. The van der Waals surface area contributed by atoms with Gasteiger partial charge in [-0.2, -0.15) is 4.98 Å². The number of aromatic nitrogens is 2. The number of hydrogen-bond acceptors (Lipinski definition) is 4. The lowest BCUT2D eigenvalue weighted by atomic mass is 9.68. The Bertz CT molecular complexity index is 783. The van der Waals surface area contributed by atoms with Gasteiger partial charge in [-0.3, -0.25) is 4.99 Å². The van der Waals surface area contributed by atoms with Gasteiger partial charge in [0.25, 0.3) is 0 Å². The Morgan fingerprint density at radius 1 is 1.40 bits per heavy atom. The van der Waals surface area contributed by atoms with Gasteiger partial charge in [-0.25, -0.2) is 0 Å². The summed E-state index contributed by atoms with van der Waals surface area (Å²) in [6.07, 6.45) is 5.35. The van der Waals surface area contributed by atoms with Crippen molar-refractivity contribution >= 4 is 17.6 Å². The predicted octanol–water partition coefficient (Wildman–Crippen LogP) is 3.34. The first kappa shape index (κ1) is 16.4. The number of benzene rings is 1. The second-order valence-electron chi connectivity index (χ2n) is 6.95. The minimum Gasteiger partial charge on any atom is -0.347 e. The molecule has 1 N–H and O–H groups in total. The summed E-state index contributed by atoms with van der Waals surface area (Å²) >= 11 is 6.02. The van der Waals surface area contributed by atoms with Crippen molar-refractivity contribution in [3.8, 4) is 11.4 Å². The van der Waals surface area contributed by atoms with Crippen LogP contribution < -0.4 is 5.32 Å². The van der Waals surface area contributed by atoms with Crippen molar-refractivity contribution < 1.29 is 4.52 Å². The van der Waals surface area contributed by atoms with Gasteiger partial charge in [-0.05, 0) is 36.8 Å². The van der Waals surface area contributed by atoms with Crippen LogP contribution in [0.15, 0.2) is 33.8 Å². The van der Waals surface area contributed by atoms with Crippen LogP contribution >= 0.6 is 11.6 Å². The lowest BCUT2D eigenvalue weighted by molar-refractivity contribution is 0.151. The Balaban J connectivity index is 1.38. The van der Waals surface area contributed by atoms with E-state index < -0.39 is 0 Å². The molecular weight excluding hydrogens is 338 g/mol. The van der Waals surface area contributed by atoms with E-state index >= 15 is 0 Å². The Labute approximate surface area is 152 Å². The molecule has 1 aromatic heterocycles. The fraction of sp³-hybridized carbons (Fsp3) is 0.500. The standard InChI is InChI=1S/C18H22ClN5O/c1-20-17(24-9-8-18(12-24)6-3-7-18)21-11-15-22-16(23-25-15)13-4-2-5-14(19)10-13/h2,4-5,10H,3,6-9,11-12H2,1H3,(H,20,21). The van der Waals surface area contributed by atoms with Gasteiger partial charge in [0.2, 0.25) is 11.7 Å². The van der Waals surface area contributed by atoms with Gasteiger partial charge < -0.3 is 14.7 Å². The molecule has 2 fully saturated rings. The number of hydrogen-bond donors (Lipinski definition) is 1. The van der Waals surface area contributed by atoms with Crippen molar-refractivity contribution in [2.24, 2.45) is 10.4 Å². The Morgan fingerprint density at radius 2 is 2.28 bits per heavy atom. The topological polar surface area (TPSA) is 66.5 Å². The largest absolute Gasteiger partial charge is 0.347 e. The van der Waals surface area contributed by atoms with Crippen molar-refractivity contribution in [2.75, 3.05) is 20.1 Å². The molecule has 2 aromatic rings. The Hall–Kier alpha value is -2.08. The van der Waals surface area contributed by atoms with Crippen LogP contribution in [0, 0.1) is 5.41 Å². The smallest absolute Gasteiger partial charge is 0.246 e. The second kappa shape index (κ2) is 6.67. The van der Waals surface area contributed by atoms with Crippen LogP contribution in [0.25, 0.3) is 11.4 Å². The van der Waals surface area contributed by atoms with Gasteiger partial charge in [-0.15, -0.1) is 0 Å². The highest BCUT2D eigenvalue weighted by Gasteiger charge is 2.43. The molecule has 0 amide bonds. The molecular formula is C18H22ClN5O. The van der Waals surface area contributed by atoms with Crippen LogP contribution in [0.3, 0.4) is 0 Å². The molecule has 2 aliphatic rings. The van der Waals surface area contributed by atoms with E-state index in [0.29, 0.717) is 28.7 Å². The monoisotopic (exact) mass is 359 g/mol. The molecule has 1 spiro atoms. The number of nitrogens with zero attached hydrogens (tertiary/aromatic N) is 4. The maximum absolute atomic E-state index is 6.02. The lowest BCUT2D eigenvalue weighted by Crippen LogP contribution is -2.42. The minimum absolute atomic E-state index is 0.462. The molecule has 25 heavy (non-hydrogen) atoms. The van der Waals surface area contributed by atoms with Crippen LogP contribution in [0.1, 0.15) is 31.6 Å². The van der Waals surface area contributed by atoms with Crippen LogP contribution in [0.5, 0.6) is 0 Å². The summed E-state index contributed by atoms with van der Waals surface area (Å²) in [5, 5.41) is 8.03. The Kier molecular flexibility index (Phi) is 4.37. The van der Waals surface area contributed by atoms with Crippen molar-refractivity contribution in [2.45, 2.75) is 32.2 Å². The molecule has 1 saturated carbocycles. The zero-order valence-corrected chi connectivity index (χ0v) is 15.1. The Morgan fingerprint density at radius 3 is 2.96 bits per heavy atom. The van der Waals surface area contributed by atoms with Gasteiger partial charge in [0.15, 0.2) is 5.96 Å². The molecule has 4 rings (SSSR count). The zero-order valence-electron chi connectivity index (χ0n) is 14.3. The number of nitrogens with one attached hydrogen (secondary N) is 1. The maximum atomic E-state index is 6.02. The summed E-state index contributed by atoms with van der Waals surface area (Å²) in [6, 6.07) is 7.43. The highest BCUT2D eigenvalue weighted by Crippen LogP contribution is 2.47. The summed E-state index contributed by atoms with van der Waals surface area (Å²) in [7, 11) is 1.82. The summed E-state index contributed by atoms with van der Waals surface area (Å²) in [5.41, 5.74) is 1.39. The molecule has 6 nitrogen and oxygen atoms in total. The third-order valence-corrected chi connectivity index (χ3v) is 5.55. The number of halogens is 1. The molecule has 1 saturated heterocycles. The predicted molar refractivity (Wildman–Crippen MR) is 97.4 cm³/mol. The van der Waals surface area contributed by atoms with E-state index in [4.69, 9.17) is 16.1 Å². The molecule has 0 radical (unpaired) electrons. The van der Waals surface area contributed by atoms with E-state index in [1.54, 1.807) is 0 Å². The van der Waals surface area contributed by atoms with Crippen LogP contribution in [0.2, 0.25) is 5.02 Å². The number of guanidine groups is 1. The van der Waals surface area contributed by atoms with E-state index in [-0.39, 0.29) is 0 Å². The lowest BCUT2D eigenvalue weighted by Gasteiger charge is -2.38. The molecule has 1 aromatic carbocycles. The summed E-state index contributed by atoms with van der Waals surface area (Å²) in [4.78, 5) is 11.2. The number of likely N-dealkylation sites (tertiary alicyclic amines) is 1.